The summed E-state index contributed by atoms with van der Waals surface area (Å²) < 4.78 is 38.0. The molecule has 0 saturated carbocycles. The van der Waals surface area contributed by atoms with Gasteiger partial charge < -0.3 is 9.74 Å². The van der Waals surface area contributed by atoms with Crippen molar-refractivity contribution in [3.8, 4) is 0 Å². The Labute approximate surface area is 184 Å². The summed E-state index contributed by atoms with van der Waals surface area (Å²) in [6.07, 6.45) is -1.00. The molecule has 0 atom stereocenters. The van der Waals surface area contributed by atoms with Crippen molar-refractivity contribution in [1.29, 1.82) is 0 Å². The van der Waals surface area contributed by atoms with Crippen molar-refractivity contribution < 1.29 is 27.6 Å². The normalized spacial score (nSPS) is 13.0. The first-order valence-electron chi connectivity index (χ1n) is 9.59. The SMILES string of the molecule is CC(/C=C(C(=O)N(C)C)/C(C)=N/OC(=O)c1ccc(C(F)(F)F)cc1)=C\c1ccccc1. The minimum Gasteiger partial charge on any atom is -0.345 e. The van der Waals surface area contributed by atoms with Crippen LogP contribution in [0, 0.1) is 0 Å². The van der Waals surface area contributed by atoms with Crippen LogP contribution in [0.1, 0.15) is 35.3 Å². The lowest BCUT2D eigenvalue weighted by molar-refractivity contribution is -0.137. The molecule has 2 aromatic rings. The van der Waals surface area contributed by atoms with Crippen LogP contribution in [0.4, 0.5) is 13.2 Å². The highest BCUT2D eigenvalue weighted by molar-refractivity contribution is 6.20. The van der Waals surface area contributed by atoms with Gasteiger partial charge in [0.05, 0.1) is 22.4 Å². The highest BCUT2D eigenvalue weighted by atomic mass is 19.4. The molecule has 32 heavy (non-hydrogen) atoms. The standard InChI is InChI=1S/C24H23F3N2O3/c1-16(14-18-8-6-5-7-9-18)15-21(22(30)29(3)4)17(2)28-32-23(31)19-10-12-20(13-11-19)24(25,26)27/h5-15H,1-4H3/b16-14+,21-15-,28-17+. The topological polar surface area (TPSA) is 59.0 Å². The molecule has 0 aliphatic heterocycles. The zero-order chi connectivity index (χ0) is 23.9. The Bertz CT molecular complexity index is 1050. The summed E-state index contributed by atoms with van der Waals surface area (Å²) in [7, 11) is 3.15. The van der Waals surface area contributed by atoms with E-state index in [1.165, 1.54) is 11.8 Å². The van der Waals surface area contributed by atoms with Crippen LogP contribution in [0.15, 0.2) is 77.0 Å². The highest BCUT2D eigenvalue weighted by Gasteiger charge is 2.30. The number of carbonyl (C=O) groups excluding carboxylic acids is 2. The van der Waals surface area contributed by atoms with Crippen LogP contribution in [0.5, 0.6) is 0 Å². The maximum atomic E-state index is 12.7. The molecular weight excluding hydrogens is 421 g/mol. The molecule has 1 amide bonds. The van der Waals surface area contributed by atoms with Gasteiger partial charge in [-0.15, -0.1) is 0 Å². The van der Waals surface area contributed by atoms with Crippen LogP contribution < -0.4 is 0 Å². The van der Waals surface area contributed by atoms with Gasteiger partial charge in [-0.05, 0) is 55.3 Å². The smallest absolute Gasteiger partial charge is 0.345 e. The zero-order valence-corrected chi connectivity index (χ0v) is 18.1. The van der Waals surface area contributed by atoms with Gasteiger partial charge in [0.25, 0.3) is 5.91 Å². The molecular formula is C24H23F3N2O3. The van der Waals surface area contributed by atoms with E-state index in [9.17, 15) is 22.8 Å². The summed E-state index contributed by atoms with van der Waals surface area (Å²) in [5.74, 6) is -1.29. The molecule has 0 N–H and O–H groups in total. The molecule has 2 rings (SSSR count). The van der Waals surface area contributed by atoms with E-state index in [1.54, 1.807) is 20.2 Å². The predicted molar refractivity (Wildman–Crippen MR) is 117 cm³/mol. The molecule has 0 heterocycles. The molecule has 0 bridgehead atoms. The molecule has 5 nitrogen and oxygen atoms in total. The van der Waals surface area contributed by atoms with Gasteiger partial charge in [0.1, 0.15) is 0 Å². The van der Waals surface area contributed by atoms with E-state index in [-0.39, 0.29) is 22.8 Å². The molecule has 0 aliphatic rings. The van der Waals surface area contributed by atoms with E-state index < -0.39 is 17.7 Å². The fraction of sp³-hybridized carbons (Fsp3) is 0.208. The summed E-state index contributed by atoms with van der Waals surface area (Å²) in [6, 6.07) is 13.1. The van der Waals surface area contributed by atoms with Crippen LogP contribution in [-0.2, 0) is 15.8 Å². The first-order chi connectivity index (χ1) is 15.0. The number of allylic oxidation sites excluding steroid dienone is 2. The molecule has 0 radical (unpaired) electrons. The first-order valence-corrected chi connectivity index (χ1v) is 9.59. The van der Waals surface area contributed by atoms with Crippen molar-refractivity contribution in [2.45, 2.75) is 20.0 Å². The Morgan fingerprint density at radius 2 is 1.56 bits per heavy atom. The first kappa shape index (κ1) is 24.6. The fourth-order valence-electron chi connectivity index (χ4n) is 2.65. The lowest BCUT2D eigenvalue weighted by atomic mass is 10.1. The van der Waals surface area contributed by atoms with Gasteiger partial charge in [-0.25, -0.2) is 4.79 Å². The number of benzene rings is 2. The highest BCUT2D eigenvalue weighted by Crippen LogP contribution is 2.29. The molecule has 8 heteroatoms. The number of oxime groups is 1. The molecule has 2 aromatic carbocycles. The van der Waals surface area contributed by atoms with Crippen LogP contribution >= 0.6 is 0 Å². The molecule has 0 aliphatic carbocycles. The number of alkyl halides is 3. The summed E-state index contributed by atoms with van der Waals surface area (Å²) in [5, 5.41) is 3.74. The van der Waals surface area contributed by atoms with E-state index in [4.69, 9.17) is 4.84 Å². The van der Waals surface area contributed by atoms with E-state index in [2.05, 4.69) is 5.16 Å². The Kier molecular flexibility index (Phi) is 8.12. The average molecular weight is 444 g/mol. The van der Waals surface area contributed by atoms with E-state index >= 15 is 0 Å². The van der Waals surface area contributed by atoms with Crippen molar-refractivity contribution in [2.75, 3.05) is 14.1 Å². The van der Waals surface area contributed by atoms with E-state index in [0.29, 0.717) is 0 Å². The lowest BCUT2D eigenvalue weighted by Gasteiger charge is -2.13. The number of hydrogen-bond acceptors (Lipinski definition) is 4. The summed E-state index contributed by atoms with van der Waals surface area (Å²) in [5.41, 5.74) is 1.09. The Hall–Kier alpha value is -3.68. The number of amides is 1. The lowest BCUT2D eigenvalue weighted by Crippen LogP contribution is -2.27. The van der Waals surface area contributed by atoms with Gasteiger partial charge in [0.15, 0.2) is 0 Å². The van der Waals surface area contributed by atoms with Crippen molar-refractivity contribution in [1.82, 2.24) is 4.90 Å². The number of nitrogens with zero attached hydrogens (tertiary/aromatic N) is 2. The van der Waals surface area contributed by atoms with Crippen LogP contribution in [0.2, 0.25) is 0 Å². The quantitative estimate of drug-likeness (QED) is 0.198. The van der Waals surface area contributed by atoms with Crippen LogP contribution in [0.25, 0.3) is 6.08 Å². The number of carbonyl (C=O) groups is 2. The molecule has 0 spiro atoms. The second kappa shape index (κ2) is 10.6. The van der Waals surface area contributed by atoms with Crippen molar-refractivity contribution >= 4 is 23.7 Å². The maximum absolute atomic E-state index is 12.7. The number of halogens is 3. The Morgan fingerprint density at radius 1 is 0.969 bits per heavy atom. The zero-order valence-electron chi connectivity index (χ0n) is 18.1. The van der Waals surface area contributed by atoms with Gasteiger partial charge in [-0.1, -0.05) is 41.6 Å². The van der Waals surface area contributed by atoms with Crippen LogP contribution in [0.3, 0.4) is 0 Å². The molecule has 0 unspecified atom stereocenters. The maximum Gasteiger partial charge on any atom is 0.416 e. The minimum atomic E-state index is -4.51. The molecule has 168 valence electrons. The van der Waals surface area contributed by atoms with Crippen molar-refractivity contribution in [2.24, 2.45) is 5.16 Å². The van der Waals surface area contributed by atoms with Gasteiger partial charge in [0.2, 0.25) is 0 Å². The van der Waals surface area contributed by atoms with Crippen molar-refractivity contribution in [3.63, 3.8) is 0 Å². The fourth-order valence-corrected chi connectivity index (χ4v) is 2.65. The molecule has 0 fully saturated rings. The summed E-state index contributed by atoms with van der Waals surface area (Å²) >= 11 is 0. The largest absolute Gasteiger partial charge is 0.416 e. The Balaban J connectivity index is 2.25. The van der Waals surface area contributed by atoms with Crippen molar-refractivity contribution in [3.05, 3.63) is 88.5 Å². The van der Waals surface area contributed by atoms with E-state index in [1.807, 2.05) is 43.3 Å². The predicted octanol–water partition coefficient (Wildman–Crippen LogP) is 5.36. The third-order valence-corrected chi connectivity index (χ3v) is 4.31. The molecule has 0 saturated heterocycles. The van der Waals surface area contributed by atoms with Gasteiger partial charge >= 0.3 is 12.1 Å². The van der Waals surface area contributed by atoms with E-state index in [0.717, 1.165) is 35.4 Å². The second-order valence-corrected chi connectivity index (χ2v) is 7.19. The number of likely N-dealkylation sites (N-methyl/N-ethyl adjacent to an activating group) is 1. The average Bonchev–Trinajstić information content (AvgIpc) is 2.75. The van der Waals surface area contributed by atoms with Crippen LogP contribution in [-0.4, -0.2) is 36.6 Å². The van der Waals surface area contributed by atoms with Gasteiger partial charge in [0, 0.05) is 14.1 Å². The second-order valence-electron chi connectivity index (χ2n) is 7.19. The van der Waals surface area contributed by atoms with Gasteiger partial charge in [-0.3, -0.25) is 4.79 Å². The molecule has 0 aromatic heterocycles. The van der Waals surface area contributed by atoms with Gasteiger partial charge in [-0.2, -0.15) is 13.2 Å². The summed E-state index contributed by atoms with van der Waals surface area (Å²) in [4.78, 5) is 31.0. The monoisotopic (exact) mass is 444 g/mol. The minimum absolute atomic E-state index is 0.0980. The summed E-state index contributed by atoms with van der Waals surface area (Å²) in [6.45, 7) is 3.32. The number of hydrogen-bond donors (Lipinski definition) is 0. The third-order valence-electron chi connectivity index (χ3n) is 4.31. The third kappa shape index (κ3) is 6.94. The Morgan fingerprint density at radius 3 is 2.09 bits per heavy atom. The number of rotatable bonds is 6.